The van der Waals surface area contributed by atoms with E-state index in [0.717, 1.165) is 35.6 Å². The van der Waals surface area contributed by atoms with Crippen LogP contribution >= 0.6 is 22.7 Å². The van der Waals surface area contributed by atoms with E-state index in [0.29, 0.717) is 23.1 Å². The number of hydrogen-bond donors (Lipinski definition) is 2. The second-order valence-corrected chi connectivity index (χ2v) is 13.2. The van der Waals surface area contributed by atoms with E-state index in [1.165, 1.54) is 54.7 Å². The van der Waals surface area contributed by atoms with Crippen LogP contribution in [0, 0.1) is 34.5 Å². The number of guanidine groups is 1. The minimum Gasteiger partial charge on any atom is -0.370 e. The SMILES string of the molecule is CC#Cc1ccc(-c2ccc(C(=O)[C@@H]3CC[C@@H](CNC(N)=NC)C[C@]34CCC3(CCCC3)C4)s2)s1. The number of nitrogens with one attached hydrogen (secondary N) is 1. The van der Waals surface area contributed by atoms with Crippen molar-refractivity contribution < 1.29 is 4.79 Å². The summed E-state index contributed by atoms with van der Waals surface area (Å²) in [6.07, 6.45) is 12.4. The molecule has 0 aliphatic heterocycles. The van der Waals surface area contributed by atoms with Gasteiger partial charge in [-0.15, -0.1) is 28.6 Å². The average molecular weight is 508 g/mol. The van der Waals surface area contributed by atoms with Gasteiger partial charge in [0.2, 0.25) is 0 Å². The molecule has 4 nitrogen and oxygen atoms in total. The third-order valence-corrected chi connectivity index (χ3v) is 11.2. The number of ketones is 1. The first-order chi connectivity index (χ1) is 17.0. The Hall–Kier alpha value is -2.10. The molecule has 3 atom stereocenters. The molecule has 2 spiro atoms. The van der Waals surface area contributed by atoms with Crippen molar-refractivity contribution in [2.75, 3.05) is 13.6 Å². The van der Waals surface area contributed by atoms with Crippen LogP contribution in [0.4, 0.5) is 0 Å². The fraction of sp³-hybridized carbons (Fsp3) is 0.586. The van der Waals surface area contributed by atoms with Crippen molar-refractivity contribution in [1.82, 2.24) is 5.32 Å². The van der Waals surface area contributed by atoms with E-state index in [1.54, 1.807) is 29.7 Å². The zero-order valence-corrected chi connectivity index (χ0v) is 22.6. The summed E-state index contributed by atoms with van der Waals surface area (Å²) in [4.78, 5) is 22.5. The van der Waals surface area contributed by atoms with E-state index in [2.05, 4.69) is 46.4 Å². The highest BCUT2D eigenvalue weighted by Crippen LogP contribution is 2.64. The Balaban J connectivity index is 1.37. The Morgan fingerprint density at radius 3 is 2.66 bits per heavy atom. The predicted octanol–water partition coefficient (Wildman–Crippen LogP) is 6.71. The highest BCUT2D eigenvalue weighted by Gasteiger charge is 2.56. The third-order valence-electron chi connectivity index (χ3n) is 8.92. The molecule has 0 unspecified atom stereocenters. The summed E-state index contributed by atoms with van der Waals surface area (Å²) < 4.78 is 0. The van der Waals surface area contributed by atoms with Crippen LogP contribution in [0.5, 0.6) is 0 Å². The lowest BCUT2D eigenvalue weighted by molar-refractivity contribution is 0.0409. The molecule has 5 rings (SSSR count). The number of carbonyl (C=O) groups is 1. The fourth-order valence-electron chi connectivity index (χ4n) is 7.34. The summed E-state index contributed by atoms with van der Waals surface area (Å²) in [5.41, 5.74) is 6.56. The van der Waals surface area contributed by atoms with Crippen LogP contribution in [0.15, 0.2) is 29.3 Å². The monoisotopic (exact) mass is 507 g/mol. The van der Waals surface area contributed by atoms with Gasteiger partial charge in [-0.05, 0) is 99.3 Å². The molecule has 3 saturated carbocycles. The largest absolute Gasteiger partial charge is 0.370 e. The molecular formula is C29H37N3OS2. The molecule has 3 aliphatic rings. The summed E-state index contributed by atoms with van der Waals surface area (Å²) in [7, 11) is 1.73. The molecule has 6 heteroatoms. The van der Waals surface area contributed by atoms with Gasteiger partial charge < -0.3 is 11.1 Å². The number of rotatable bonds is 5. The number of hydrogen-bond acceptors (Lipinski definition) is 4. The summed E-state index contributed by atoms with van der Waals surface area (Å²) in [6, 6.07) is 8.43. The van der Waals surface area contributed by atoms with Gasteiger partial charge in [-0.3, -0.25) is 9.79 Å². The topological polar surface area (TPSA) is 67.5 Å². The van der Waals surface area contributed by atoms with Gasteiger partial charge in [0.05, 0.1) is 9.75 Å². The van der Waals surface area contributed by atoms with E-state index in [-0.39, 0.29) is 11.3 Å². The minimum absolute atomic E-state index is 0.140. The molecule has 0 bridgehead atoms. The Morgan fingerprint density at radius 1 is 1.11 bits per heavy atom. The maximum absolute atomic E-state index is 14.1. The first-order valence-electron chi connectivity index (χ1n) is 13.1. The molecular weight excluding hydrogens is 470 g/mol. The number of thiophene rings is 2. The van der Waals surface area contributed by atoms with E-state index in [9.17, 15) is 4.79 Å². The first kappa shape index (κ1) is 24.6. The van der Waals surface area contributed by atoms with Crippen LogP contribution in [0.1, 0.15) is 85.7 Å². The average Bonchev–Trinajstić information content (AvgIpc) is 3.66. The highest BCUT2D eigenvalue weighted by atomic mass is 32.1. The quantitative estimate of drug-likeness (QED) is 0.204. The summed E-state index contributed by atoms with van der Waals surface area (Å²) in [5, 5.41) is 3.31. The van der Waals surface area contributed by atoms with Crippen LogP contribution in [0.2, 0.25) is 0 Å². The van der Waals surface area contributed by atoms with Crippen molar-refractivity contribution in [1.29, 1.82) is 0 Å². The van der Waals surface area contributed by atoms with Crippen LogP contribution < -0.4 is 11.1 Å². The molecule has 2 heterocycles. The molecule has 0 saturated heterocycles. The van der Waals surface area contributed by atoms with Crippen molar-refractivity contribution in [2.45, 2.75) is 71.1 Å². The predicted molar refractivity (Wildman–Crippen MR) is 148 cm³/mol. The third kappa shape index (κ3) is 4.95. The summed E-state index contributed by atoms with van der Waals surface area (Å²) >= 11 is 3.38. The number of nitrogens with two attached hydrogens (primary N) is 1. The molecule has 3 fully saturated rings. The highest BCUT2D eigenvalue weighted by molar-refractivity contribution is 7.23. The molecule has 186 valence electrons. The van der Waals surface area contributed by atoms with Crippen LogP contribution in [0.3, 0.4) is 0 Å². The zero-order chi connectivity index (χ0) is 24.5. The Labute approximate surface area is 217 Å². The lowest BCUT2D eigenvalue weighted by Gasteiger charge is -2.45. The first-order valence-corrected chi connectivity index (χ1v) is 14.7. The van der Waals surface area contributed by atoms with Gasteiger partial charge in [-0.25, -0.2) is 0 Å². The second-order valence-electron chi connectivity index (χ2n) is 11.0. The van der Waals surface area contributed by atoms with Crippen molar-refractivity contribution in [2.24, 2.45) is 33.4 Å². The number of Topliss-reactive ketones (excluding diaryl/α,β-unsaturated/α-hetero) is 1. The van der Waals surface area contributed by atoms with Crippen LogP contribution in [0.25, 0.3) is 9.75 Å². The van der Waals surface area contributed by atoms with Gasteiger partial charge in [0.1, 0.15) is 0 Å². The van der Waals surface area contributed by atoms with Crippen LogP contribution in [-0.4, -0.2) is 25.3 Å². The van der Waals surface area contributed by atoms with Crippen LogP contribution in [-0.2, 0) is 0 Å². The smallest absolute Gasteiger partial charge is 0.188 e. The van der Waals surface area contributed by atoms with E-state index < -0.39 is 0 Å². The fourth-order valence-corrected chi connectivity index (χ4v) is 9.34. The number of aliphatic imine (C=N–C) groups is 1. The molecule has 0 aromatic carbocycles. The van der Waals surface area contributed by atoms with Gasteiger partial charge in [0, 0.05) is 29.3 Å². The van der Waals surface area contributed by atoms with Gasteiger partial charge in [-0.2, -0.15) is 0 Å². The summed E-state index contributed by atoms with van der Waals surface area (Å²) in [6.45, 7) is 2.73. The lowest BCUT2D eigenvalue weighted by Crippen LogP contribution is -2.44. The van der Waals surface area contributed by atoms with Gasteiger partial charge >= 0.3 is 0 Å². The zero-order valence-electron chi connectivity index (χ0n) is 21.0. The van der Waals surface area contributed by atoms with E-state index >= 15 is 0 Å². The number of nitrogens with zero attached hydrogens (tertiary/aromatic N) is 1. The van der Waals surface area contributed by atoms with Gasteiger partial charge in [0.15, 0.2) is 11.7 Å². The maximum atomic E-state index is 14.1. The van der Waals surface area contributed by atoms with Gasteiger partial charge in [-0.1, -0.05) is 18.8 Å². The normalized spacial score (nSPS) is 27.8. The Morgan fingerprint density at radius 2 is 1.89 bits per heavy atom. The van der Waals surface area contributed by atoms with Crippen molar-refractivity contribution >= 4 is 34.4 Å². The van der Waals surface area contributed by atoms with E-state index in [1.807, 2.05) is 6.92 Å². The number of carbonyl (C=O) groups excluding carboxylic acids is 1. The second kappa shape index (κ2) is 10.1. The lowest BCUT2D eigenvalue weighted by atomic mass is 9.59. The minimum atomic E-state index is 0.140. The molecule has 35 heavy (non-hydrogen) atoms. The Kier molecular flexibility index (Phi) is 7.10. The van der Waals surface area contributed by atoms with Crippen molar-refractivity contribution in [3.8, 4) is 21.6 Å². The van der Waals surface area contributed by atoms with Crippen molar-refractivity contribution in [3.63, 3.8) is 0 Å². The van der Waals surface area contributed by atoms with Gasteiger partial charge in [0.25, 0.3) is 0 Å². The Bertz CT molecular complexity index is 1160. The molecule has 0 radical (unpaired) electrons. The summed E-state index contributed by atoms with van der Waals surface area (Å²) in [5.74, 6) is 7.73. The molecule has 2 aromatic rings. The molecule has 3 aliphatic carbocycles. The maximum Gasteiger partial charge on any atom is 0.188 e. The molecule has 2 aromatic heterocycles. The molecule has 3 N–H and O–H groups in total. The van der Waals surface area contributed by atoms with E-state index in [4.69, 9.17) is 5.73 Å². The van der Waals surface area contributed by atoms with Crippen molar-refractivity contribution in [3.05, 3.63) is 34.0 Å². The standard InChI is InChI=1S/C29H37N3OS2/c1-3-6-21-8-10-23(34-21)24-11-12-25(35-24)26(33)22-9-7-20(18-32-27(30)31-2)17-29(22)16-15-28(19-29)13-4-5-14-28/h8,10-12,20,22H,4-5,7,9,13-19H2,1-2H3,(H3,30,31,32)/t20-,22+,29+/m1/s1. The molecule has 0 amide bonds.